The zero-order valence-corrected chi connectivity index (χ0v) is 20.5. The van der Waals surface area contributed by atoms with E-state index in [-0.39, 0.29) is 15.3 Å². The second-order valence-corrected chi connectivity index (χ2v) is 10.9. The fourth-order valence-electron chi connectivity index (χ4n) is 3.20. The fourth-order valence-corrected chi connectivity index (χ4v) is 5.03. The molecule has 168 valence electrons. The van der Waals surface area contributed by atoms with Crippen LogP contribution in [-0.2, 0) is 5.41 Å². The Morgan fingerprint density at radius 3 is 2.18 bits per heavy atom. The molecule has 1 amide bonds. The minimum absolute atomic E-state index is 0.0298. The van der Waals surface area contributed by atoms with Gasteiger partial charge in [0, 0.05) is 16.7 Å². The second kappa shape index (κ2) is 9.05. The number of rotatable bonds is 5. The molecule has 0 saturated carbocycles. The number of anilines is 1. The first-order valence-corrected chi connectivity index (χ1v) is 12.1. The van der Waals surface area contributed by atoms with Crippen molar-refractivity contribution in [2.75, 3.05) is 5.32 Å². The normalized spacial score (nSPS) is 11.4. The maximum Gasteiger partial charge on any atom is 0.324 e. The molecule has 0 unspecified atom stereocenters. The average molecular weight is 498 g/mol. The lowest BCUT2D eigenvalue weighted by atomic mass is 9.86. The first kappa shape index (κ1) is 23.1. The number of benzene rings is 2. The standard InChI is InChI=1S/C24H20ClN3O3S2/c1-24(2,3)16-8-4-14(5-9-16)20-21(15-6-10-17(25)11-7-15)33-23(26-20)27-22(29)18-12-13-19(32-18)28(30)31/h4-13H,1-3H3,(H,26,27,29). The summed E-state index contributed by atoms with van der Waals surface area (Å²) < 4.78 is 0. The van der Waals surface area contributed by atoms with Gasteiger partial charge >= 0.3 is 5.00 Å². The van der Waals surface area contributed by atoms with Crippen LogP contribution in [0.1, 0.15) is 36.0 Å². The van der Waals surface area contributed by atoms with Crippen LogP contribution in [0.4, 0.5) is 10.1 Å². The number of nitrogens with one attached hydrogen (secondary N) is 1. The third kappa shape index (κ3) is 5.13. The maximum atomic E-state index is 12.7. The van der Waals surface area contributed by atoms with Crippen molar-refractivity contribution >= 4 is 50.3 Å². The summed E-state index contributed by atoms with van der Waals surface area (Å²) in [5.41, 5.74) is 3.84. The molecule has 0 aliphatic heterocycles. The van der Waals surface area contributed by atoms with Crippen molar-refractivity contribution in [1.82, 2.24) is 4.98 Å². The Kier molecular flexibility index (Phi) is 6.34. The molecule has 4 rings (SSSR count). The van der Waals surface area contributed by atoms with Gasteiger partial charge in [0.1, 0.15) is 0 Å². The van der Waals surface area contributed by atoms with Crippen LogP contribution in [0.3, 0.4) is 0 Å². The van der Waals surface area contributed by atoms with Gasteiger partial charge in [-0.2, -0.15) is 0 Å². The summed E-state index contributed by atoms with van der Waals surface area (Å²) in [7, 11) is 0. The van der Waals surface area contributed by atoms with E-state index in [2.05, 4.69) is 38.2 Å². The summed E-state index contributed by atoms with van der Waals surface area (Å²) >= 11 is 8.24. The third-order valence-corrected chi connectivity index (χ3v) is 7.28. The van der Waals surface area contributed by atoms with Gasteiger partial charge in [0.25, 0.3) is 5.91 Å². The Morgan fingerprint density at radius 1 is 0.970 bits per heavy atom. The average Bonchev–Trinajstić information content (AvgIpc) is 3.42. The number of hydrogen-bond acceptors (Lipinski definition) is 6. The summed E-state index contributed by atoms with van der Waals surface area (Å²) in [5.74, 6) is -0.431. The second-order valence-electron chi connectivity index (χ2n) is 8.38. The van der Waals surface area contributed by atoms with Crippen molar-refractivity contribution in [3.8, 4) is 21.7 Å². The number of nitrogens with zero attached hydrogens (tertiary/aromatic N) is 2. The molecule has 0 fully saturated rings. The van der Waals surface area contributed by atoms with E-state index in [1.165, 1.54) is 29.0 Å². The zero-order valence-electron chi connectivity index (χ0n) is 18.1. The van der Waals surface area contributed by atoms with Gasteiger partial charge in [-0.1, -0.05) is 91.4 Å². The number of aromatic nitrogens is 1. The number of thiazole rings is 1. The van der Waals surface area contributed by atoms with E-state index < -0.39 is 10.8 Å². The SMILES string of the molecule is CC(C)(C)c1ccc(-c2nc(NC(=O)c3ccc([N+](=O)[O-])s3)sc2-c2ccc(Cl)cc2)cc1. The highest BCUT2D eigenvalue weighted by Gasteiger charge is 2.20. The molecule has 0 atom stereocenters. The molecule has 0 aliphatic carbocycles. The van der Waals surface area contributed by atoms with Crippen molar-refractivity contribution < 1.29 is 9.72 Å². The van der Waals surface area contributed by atoms with E-state index in [1.54, 1.807) is 0 Å². The molecule has 4 aromatic rings. The molecular formula is C24H20ClN3O3S2. The first-order valence-electron chi connectivity index (χ1n) is 10.0. The Bertz CT molecular complexity index is 1320. The van der Waals surface area contributed by atoms with Crippen LogP contribution in [0.2, 0.25) is 5.02 Å². The van der Waals surface area contributed by atoms with Crippen LogP contribution in [0, 0.1) is 10.1 Å². The molecule has 2 aromatic heterocycles. The van der Waals surface area contributed by atoms with Gasteiger partial charge in [-0.05, 0) is 34.7 Å². The van der Waals surface area contributed by atoms with E-state index in [1.807, 2.05) is 36.4 Å². The highest BCUT2D eigenvalue weighted by Crippen LogP contribution is 2.40. The lowest BCUT2D eigenvalue weighted by Crippen LogP contribution is -2.10. The molecule has 0 aliphatic rings. The summed E-state index contributed by atoms with van der Waals surface area (Å²) in [4.78, 5) is 28.9. The third-order valence-electron chi connectivity index (χ3n) is 4.97. The fraction of sp³-hybridized carbons (Fsp3) is 0.167. The van der Waals surface area contributed by atoms with Crippen molar-refractivity contribution in [1.29, 1.82) is 0 Å². The minimum atomic E-state index is -0.511. The summed E-state index contributed by atoms with van der Waals surface area (Å²) in [5, 5.41) is 14.7. The molecule has 0 saturated heterocycles. The van der Waals surface area contributed by atoms with E-state index >= 15 is 0 Å². The molecular weight excluding hydrogens is 478 g/mol. The lowest BCUT2D eigenvalue weighted by Gasteiger charge is -2.19. The minimum Gasteiger partial charge on any atom is -0.297 e. The van der Waals surface area contributed by atoms with Crippen molar-refractivity contribution in [3.05, 3.63) is 86.2 Å². The molecule has 33 heavy (non-hydrogen) atoms. The molecule has 6 nitrogen and oxygen atoms in total. The number of amides is 1. The molecule has 2 aromatic carbocycles. The molecule has 0 bridgehead atoms. The van der Waals surface area contributed by atoms with Gasteiger partial charge in [0.2, 0.25) is 0 Å². The number of hydrogen-bond donors (Lipinski definition) is 1. The van der Waals surface area contributed by atoms with Crippen molar-refractivity contribution in [2.45, 2.75) is 26.2 Å². The smallest absolute Gasteiger partial charge is 0.297 e. The van der Waals surface area contributed by atoms with Crippen LogP contribution in [0.15, 0.2) is 60.7 Å². The zero-order chi connectivity index (χ0) is 23.8. The number of nitro groups is 1. The molecule has 1 N–H and O–H groups in total. The van der Waals surface area contributed by atoms with Gasteiger partial charge in [0.05, 0.1) is 20.4 Å². The van der Waals surface area contributed by atoms with Crippen LogP contribution in [0.25, 0.3) is 21.7 Å². The topological polar surface area (TPSA) is 85.1 Å². The van der Waals surface area contributed by atoms with Crippen molar-refractivity contribution in [2.24, 2.45) is 0 Å². The van der Waals surface area contributed by atoms with Gasteiger partial charge in [0.15, 0.2) is 5.13 Å². The highest BCUT2D eigenvalue weighted by atomic mass is 35.5. The molecule has 2 heterocycles. The first-order chi connectivity index (χ1) is 15.6. The van der Waals surface area contributed by atoms with Crippen LogP contribution in [-0.4, -0.2) is 15.8 Å². The van der Waals surface area contributed by atoms with Crippen LogP contribution >= 0.6 is 34.3 Å². The van der Waals surface area contributed by atoms with E-state index in [0.29, 0.717) is 10.2 Å². The Balaban J connectivity index is 1.71. The van der Waals surface area contributed by atoms with E-state index in [0.717, 1.165) is 33.0 Å². The number of carbonyl (C=O) groups is 1. The van der Waals surface area contributed by atoms with Crippen molar-refractivity contribution in [3.63, 3.8) is 0 Å². The number of halogens is 1. The molecule has 0 spiro atoms. The predicted molar refractivity (Wildman–Crippen MR) is 136 cm³/mol. The van der Waals surface area contributed by atoms with Gasteiger partial charge in [-0.25, -0.2) is 4.98 Å². The van der Waals surface area contributed by atoms with E-state index in [4.69, 9.17) is 16.6 Å². The Hall–Kier alpha value is -3.07. The molecule has 9 heteroatoms. The summed E-state index contributed by atoms with van der Waals surface area (Å²) in [6.07, 6.45) is 0. The Morgan fingerprint density at radius 2 is 1.61 bits per heavy atom. The predicted octanol–water partition coefficient (Wildman–Crippen LogP) is 7.65. The van der Waals surface area contributed by atoms with Crippen LogP contribution in [0.5, 0.6) is 0 Å². The summed E-state index contributed by atoms with van der Waals surface area (Å²) in [6, 6.07) is 18.5. The van der Waals surface area contributed by atoms with Gasteiger partial charge in [-0.15, -0.1) is 0 Å². The number of thiophene rings is 1. The lowest BCUT2D eigenvalue weighted by molar-refractivity contribution is -0.380. The number of carbonyl (C=O) groups excluding carboxylic acids is 1. The molecule has 0 radical (unpaired) electrons. The van der Waals surface area contributed by atoms with Crippen LogP contribution < -0.4 is 5.32 Å². The Labute approximate surface area is 204 Å². The van der Waals surface area contributed by atoms with Gasteiger partial charge in [-0.3, -0.25) is 20.2 Å². The monoisotopic (exact) mass is 497 g/mol. The van der Waals surface area contributed by atoms with E-state index in [9.17, 15) is 14.9 Å². The summed E-state index contributed by atoms with van der Waals surface area (Å²) in [6.45, 7) is 6.48. The maximum absolute atomic E-state index is 12.7. The van der Waals surface area contributed by atoms with Gasteiger partial charge < -0.3 is 0 Å². The quantitative estimate of drug-likeness (QED) is 0.226. The highest BCUT2D eigenvalue weighted by molar-refractivity contribution is 7.20. The largest absolute Gasteiger partial charge is 0.324 e.